The first kappa shape index (κ1) is 22.2. The zero-order chi connectivity index (χ0) is 23.7. The zero-order valence-electron chi connectivity index (χ0n) is 18.5. The van der Waals surface area contributed by atoms with Gasteiger partial charge in [0.2, 0.25) is 9.84 Å². The molecule has 11 heteroatoms. The van der Waals surface area contributed by atoms with E-state index in [1.54, 1.807) is 30.1 Å². The molecule has 0 aliphatic carbocycles. The average Bonchev–Trinajstić information content (AvgIpc) is 3.38. The van der Waals surface area contributed by atoms with Crippen LogP contribution >= 0.6 is 0 Å². The molecule has 5 rings (SSSR count). The van der Waals surface area contributed by atoms with Crippen LogP contribution in [0.15, 0.2) is 69.7 Å². The fourth-order valence-corrected chi connectivity index (χ4v) is 5.14. The summed E-state index contributed by atoms with van der Waals surface area (Å²) in [7, 11) is -2.27. The summed E-state index contributed by atoms with van der Waals surface area (Å²) in [6.45, 7) is 0.817. The second-order valence-electron chi connectivity index (χ2n) is 8.03. The van der Waals surface area contributed by atoms with Crippen LogP contribution < -0.4 is 10.3 Å². The smallest absolute Gasteiger partial charge is 0.274 e. The fraction of sp³-hybridized carbons (Fsp3) is 0.304. The van der Waals surface area contributed by atoms with Crippen molar-refractivity contribution < 1.29 is 17.9 Å². The maximum atomic E-state index is 13.2. The van der Waals surface area contributed by atoms with Gasteiger partial charge in [-0.1, -0.05) is 0 Å². The summed E-state index contributed by atoms with van der Waals surface area (Å²) < 4.78 is 40.0. The molecule has 1 aliphatic rings. The number of rotatable bonds is 6. The highest BCUT2D eigenvalue weighted by atomic mass is 32.2. The van der Waals surface area contributed by atoms with E-state index in [2.05, 4.69) is 15.2 Å². The van der Waals surface area contributed by atoms with Gasteiger partial charge in [0.25, 0.3) is 5.56 Å². The standard InChI is InChI=1S/C23H23N5O5S/c1-32-18-6-5-17(24-12-18)14-28-23(29)21-8-7-19(10-16(21)11-25-28)34(30,31)20-13-26-27(15-20)22-4-2-3-9-33-22/h5-8,10-13,15,22H,2-4,9,14H2,1H3. The maximum absolute atomic E-state index is 13.2. The van der Waals surface area contributed by atoms with Crippen molar-refractivity contribution >= 4 is 20.6 Å². The van der Waals surface area contributed by atoms with Crippen LogP contribution in [0.1, 0.15) is 31.2 Å². The second kappa shape index (κ2) is 8.99. The second-order valence-corrected chi connectivity index (χ2v) is 9.98. The topological polar surface area (TPSA) is 118 Å². The summed E-state index contributed by atoms with van der Waals surface area (Å²) in [6, 6.07) is 7.92. The van der Waals surface area contributed by atoms with Crippen molar-refractivity contribution in [1.29, 1.82) is 0 Å². The van der Waals surface area contributed by atoms with E-state index in [9.17, 15) is 13.2 Å². The first-order valence-corrected chi connectivity index (χ1v) is 12.3. The third kappa shape index (κ3) is 4.19. The number of sulfone groups is 1. The number of pyridine rings is 1. The van der Waals surface area contributed by atoms with Crippen molar-refractivity contribution in [2.45, 2.75) is 41.8 Å². The highest BCUT2D eigenvalue weighted by molar-refractivity contribution is 7.91. The molecule has 0 bridgehead atoms. The Morgan fingerprint density at radius 3 is 2.71 bits per heavy atom. The van der Waals surface area contributed by atoms with Crippen molar-refractivity contribution in [3.8, 4) is 5.75 Å². The summed E-state index contributed by atoms with van der Waals surface area (Å²) in [5, 5.41) is 9.22. The Morgan fingerprint density at radius 1 is 1.09 bits per heavy atom. The van der Waals surface area contributed by atoms with Crippen LogP contribution in [0.5, 0.6) is 5.75 Å². The molecule has 4 aromatic rings. The zero-order valence-corrected chi connectivity index (χ0v) is 19.3. The summed E-state index contributed by atoms with van der Waals surface area (Å²) >= 11 is 0. The lowest BCUT2D eigenvalue weighted by Gasteiger charge is -2.22. The number of hydrogen-bond donors (Lipinski definition) is 0. The van der Waals surface area contributed by atoms with E-state index >= 15 is 0 Å². The number of ether oxygens (including phenoxy) is 2. The van der Waals surface area contributed by atoms with Gasteiger partial charge in [-0.2, -0.15) is 10.2 Å². The molecule has 10 nitrogen and oxygen atoms in total. The summed E-state index contributed by atoms with van der Waals surface area (Å²) in [4.78, 5) is 17.3. The van der Waals surface area contributed by atoms with E-state index in [0.29, 0.717) is 28.8 Å². The van der Waals surface area contributed by atoms with Gasteiger partial charge in [-0.05, 0) is 49.6 Å². The van der Waals surface area contributed by atoms with E-state index in [-0.39, 0.29) is 28.1 Å². The summed E-state index contributed by atoms with van der Waals surface area (Å²) in [5.41, 5.74) is 0.314. The minimum absolute atomic E-state index is 0.0693. The van der Waals surface area contributed by atoms with Gasteiger partial charge >= 0.3 is 0 Å². The van der Waals surface area contributed by atoms with Crippen LogP contribution in [0.25, 0.3) is 10.8 Å². The number of benzene rings is 1. The van der Waals surface area contributed by atoms with Crippen molar-refractivity contribution in [3.05, 3.63) is 71.2 Å². The lowest BCUT2D eigenvalue weighted by Crippen LogP contribution is -2.23. The van der Waals surface area contributed by atoms with Gasteiger partial charge in [0.15, 0.2) is 0 Å². The first-order chi connectivity index (χ1) is 16.5. The molecule has 3 aromatic heterocycles. The van der Waals surface area contributed by atoms with Crippen LogP contribution in [0.2, 0.25) is 0 Å². The largest absolute Gasteiger partial charge is 0.495 e. The Labute approximate surface area is 195 Å². The molecule has 1 atom stereocenters. The third-order valence-corrected chi connectivity index (χ3v) is 7.52. The minimum Gasteiger partial charge on any atom is -0.495 e. The predicted molar refractivity (Wildman–Crippen MR) is 122 cm³/mol. The van der Waals surface area contributed by atoms with Crippen molar-refractivity contribution in [3.63, 3.8) is 0 Å². The highest BCUT2D eigenvalue weighted by Crippen LogP contribution is 2.26. The van der Waals surface area contributed by atoms with E-state index in [1.807, 2.05) is 0 Å². The summed E-state index contributed by atoms with van der Waals surface area (Å²) in [6.07, 6.45) is 8.42. The van der Waals surface area contributed by atoms with Gasteiger partial charge in [0, 0.05) is 18.2 Å². The Morgan fingerprint density at radius 2 is 1.97 bits per heavy atom. The molecule has 1 aromatic carbocycles. The molecule has 0 N–H and O–H groups in total. The van der Waals surface area contributed by atoms with Gasteiger partial charge in [-0.25, -0.2) is 17.8 Å². The highest BCUT2D eigenvalue weighted by Gasteiger charge is 2.24. The fourth-order valence-electron chi connectivity index (χ4n) is 3.91. The van der Waals surface area contributed by atoms with Crippen molar-refractivity contribution in [2.75, 3.05) is 13.7 Å². The van der Waals surface area contributed by atoms with Crippen LogP contribution in [0.3, 0.4) is 0 Å². The monoisotopic (exact) mass is 481 g/mol. The Balaban J connectivity index is 1.43. The Hall–Kier alpha value is -3.57. The van der Waals surface area contributed by atoms with Gasteiger partial charge in [-0.15, -0.1) is 0 Å². The quantitative estimate of drug-likeness (QED) is 0.412. The Kier molecular flexibility index (Phi) is 5.88. The van der Waals surface area contributed by atoms with Gasteiger partial charge in [0.1, 0.15) is 16.9 Å². The lowest BCUT2D eigenvalue weighted by atomic mass is 10.2. The number of aromatic nitrogens is 5. The summed E-state index contributed by atoms with van der Waals surface area (Å²) in [5.74, 6) is 0.619. The predicted octanol–water partition coefficient (Wildman–Crippen LogP) is 2.58. The third-order valence-electron chi connectivity index (χ3n) is 5.82. The van der Waals surface area contributed by atoms with Crippen LogP contribution in [-0.2, 0) is 21.1 Å². The van der Waals surface area contributed by atoms with Gasteiger partial charge < -0.3 is 9.47 Å². The van der Waals surface area contributed by atoms with Crippen LogP contribution in [0, 0.1) is 0 Å². The molecule has 176 valence electrons. The molecule has 0 radical (unpaired) electrons. The van der Waals surface area contributed by atoms with Crippen LogP contribution in [-0.4, -0.2) is 46.7 Å². The minimum atomic E-state index is -3.82. The number of fused-ring (bicyclic) bond motifs is 1. The molecule has 4 heterocycles. The van der Waals surface area contributed by atoms with E-state index < -0.39 is 9.84 Å². The molecule has 0 saturated carbocycles. The SMILES string of the molecule is COc1ccc(Cn2ncc3cc(S(=O)(=O)c4cnn(C5CCCCO5)c4)ccc3c2=O)nc1. The van der Waals surface area contributed by atoms with Crippen molar-refractivity contribution in [1.82, 2.24) is 24.5 Å². The molecular weight excluding hydrogens is 458 g/mol. The average molecular weight is 482 g/mol. The van der Waals surface area contributed by atoms with E-state index in [1.165, 1.54) is 41.5 Å². The number of hydrogen-bond acceptors (Lipinski definition) is 8. The molecule has 1 saturated heterocycles. The molecule has 0 amide bonds. The molecule has 1 fully saturated rings. The van der Waals surface area contributed by atoms with Crippen LogP contribution in [0.4, 0.5) is 0 Å². The Bertz CT molecular complexity index is 1490. The lowest BCUT2D eigenvalue weighted by molar-refractivity contribution is -0.0396. The maximum Gasteiger partial charge on any atom is 0.274 e. The van der Waals surface area contributed by atoms with Gasteiger partial charge in [-0.3, -0.25) is 9.78 Å². The molecule has 34 heavy (non-hydrogen) atoms. The normalized spacial score (nSPS) is 16.6. The first-order valence-electron chi connectivity index (χ1n) is 10.9. The molecular formula is C23H23N5O5S. The number of methoxy groups -OCH3 is 1. The van der Waals surface area contributed by atoms with Gasteiger partial charge in [0.05, 0.1) is 48.2 Å². The molecule has 1 unspecified atom stereocenters. The molecule has 0 spiro atoms. The van der Waals surface area contributed by atoms with E-state index in [4.69, 9.17) is 9.47 Å². The van der Waals surface area contributed by atoms with E-state index in [0.717, 1.165) is 19.3 Å². The molecule has 1 aliphatic heterocycles. The van der Waals surface area contributed by atoms with Crippen molar-refractivity contribution in [2.24, 2.45) is 0 Å². The number of nitrogens with zero attached hydrogens (tertiary/aromatic N) is 5.